The zero-order valence-electron chi connectivity index (χ0n) is 15.9. The van der Waals surface area contributed by atoms with Crippen molar-refractivity contribution in [2.75, 3.05) is 46.4 Å². The average Bonchev–Trinajstić information content (AvgIpc) is 3.20. The van der Waals surface area contributed by atoms with Gasteiger partial charge in [0.2, 0.25) is 5.91 Å². The lowest BCUT2D eigenvalue weighted by atomic mass is 9.73. The lowest BCUT2D eigenvalue weighted by Gasteiger charge is -2.48. The van der Waals surface area contributed by atoms with E-state index < -0.39 is 0 Å². The molecule has 2 saturated heterocycles. The number of amides is 3. The SMILES string of the molecule is COCCN1C[C@@]2(CCCN(C(=O)NCCCc3nn[nH]n3)C2)CCC1=O. The van der Waals surface area contributed by atoms with Gasteiger partial charge in [0.25, 0.3) is 0 Å². The molecule has 3 amide bonds. The molecule has 1 aromatic rings. The summed E-state index contributed by atoms with van der Waals surface area (Å²) in [4.78, 5) is 28.5. The van der Waals surface area contributed by atoms with Crippen molar-refractivity contribution < 1.29 is 14.3 Å². The van der Waals surface area contributed by atoms with E-state index in [9.17, 15) is 9.59 Å². The molecule has 2 N–H and O–H groups in total. The number of hydrogen-bond donors (Lipinski definition) is 2. The fraction of sp³-hybridized carbons (Fsp3) is 0.824. The molecule has 2 aliphatic rings. The molecule has 2 aliphatic heterocycles. The number of likely N-dealkylation sites (tertiary alicyclic amines) is 2. The average molecular weight is 379 g/mol. The number of urea groups is 1. The monoisotopic (exact) mass is 379 g/mol. The fourth-order valence-electron chi connectivity index (χ4n) is 4.06. The number of rotatable bonds is 7. The maximum atomic E-state index is 12.6. The Kier molecular flexibility index (Phi) is 6.59. The van der Waals surface area contributed by atoms with E-state index >= 15 is 0 Å². The Morgan fingerprint density at radius 1 is 1.37 bits per heavy atom. The number of nitrogens with one attached hydrogen (secondary N) is 2. The Balaban J connectivity index is 1.47. The molecule has 1 spiro atoms. The highest BCUT2D eigenvalue weighted by atomic mass is 16.5. The number of hydrogen-bond acceptors (Lipinski definition) is 6. The van der Waals surface area contributed by atoms with Crippen molar-refractivity contribution in [3.8, 4) is 0 Å². The number of nitrogens with zero attached hydrogens (tertiary/aromatic N) is 5. The highest BCUT2D eigenvalue weighted by Crippen LogP contribution is 2.38. The summed E-state index contributed by atoms with van der Waals surface area (Å²) >= 11 is 0. The van der Waals surface area contributed by atoms with E-state index in [1.807, 2.05) is 9.80 Å². The zero-order chi connectivity index (χ0) is 19.1. The molecule has 3 heterocycles. The predicted octanol–water partition coefficient (Wildman–Crippen LogP) is 0.193. The Morgan fingerprint density at radius 2 is 2.26 bits per heavy atom. The number of aromatic nitrogens is 4. The van der Waals surface area contributed by atoms with Crippen LogP contribution in [-0.2, 0) is 16.0 Å². The first-order valence-corrected chi connectivity index (χ1v) is 9.64. The van der Waals surface area contributed by atoms with Crippen molar-refractivity contribution >= 4 is 11.9 Å². The molecule has 2 fully saturated rings. The van der Waals surface area contributed by atoms with Crippen LogP contribution in [0.1, 0.15) is 37.9 Å². The Bertz CT molecular complexity index is 624. The Hall–Kier alpha value is -2.23. The lowest BCUT2D eigenvalue weighted by molar-refractivity contribution is -0.139. The van der Waals surface area contributed by atoms with E-state index in [1.54, 1.807) is 7.11 Å². The summed E-state index contributed by atoms with van der Waals surface area (Å²) < 4.78 is 5.13. The number of carbonyl (C=O) groups is 2. The molecular weight excluding hydrogens is 350 g/mol. The number of methoxy groups -OCH3 is 1. The first-order valence-electron chi connectivity index (χ1n) is 9.64. The first kappa shape index (κ1) is 19.5. The third-order valence-electron chi connectivity index (χ3n) is 5.50. The van der Waals surface area contributed by atoms with Gasteiger partial charge in [-0.2, -0.15) is 5.21 Å². The summed E-state index contributed by atoms with van der Waals surface area (Å²) in [5.41, 5.74) is 0.0157. The molecule has 0 radical (unpaired) electrons. The van der Waals surface area contributed by atoms with Gasteiger partial charge >= 0.3 is 6.03 Å². The summed E-state index contributed by atoms with van der Waals surface area (Å²) in [6, 6.07) is -0.0254. The molecule has 10 heteroatoms. The molecular formula is C17H29N7O3. The number of H-pyrrole nitrogens is 1. The molecule has 0 aliphatic carbocycles. The zero-order valence-corrected chi connectivity index (χ0v) is 15.9. The van der Waals surface area contributed by atoms with Crippen LogP contribution in [0.4, 0.5) is 4.79 Å². The number of aryl methyl sites for hydroxylation is 1. The summed E-state index contributed by atoms with van der Waals surface area (Å²) in [5, 5.41) is 16.7. The van der Waals surface area contributed by atoms with Gasteiger partial charge in [-0.15, -0.1) is 10.2 Å². The van der Waals surface area contributed by atoms with Crippen molar-refractivity contribution in [2.45, 2.75) is 38.5 Å². The maximum absolute atomic E-state index is 12.6. The van der Waals surface area contributed by atoms with Gasteiger partial charge in [0.15, 0.2) is 5.82 Å². The third kappa shape index (κ3) is 5.15. The molecule has 0 saturated carbocycles. The van der Waals surface area contributed by atoms with E-state index in [0.29, 0.717) is 44.9 Å². The highest BCUT2D eigenvalue weighted by Gasteiger charge is 2.42. The quantitative estimate of drug-likeness (QED) is 0.654. The van der Waals surface area contributed by atoms with Gasteiger partial charge in [-0.1, -0.05) is 5.21 Å². The molecule has 0 aromatic carbocycles. The first-order chi connectivity index (χ1) is 13.1. The molecule has 3 rings (SSSR count). The summed E-state index contributed by atoms with van der Waals surface area (Å²) in [6.45, 7) is 3.95. The van der Waals surface area contributed by atoms with Gasteiger partial charge < -0.3 is 19.9 Å². The molecule has 0 unspecified atom stereocenters. The van der Waals surface area contributed by atoms with Gasteiger partial charge in [0.1, 0.15) is 0 Å². The van der Waals surface area contributed by atoms with Crippen LogP contribution in [0, 0.1) is 5.41 Å². The van der Waals surface area contributed by atoms with Gasteiger partial charge in [-0.25, -0.2) is 4.79 Å². The van der Waals surface area contributed by atoms with Crippen molar-refractivity contribution in [1.82, 2.24) is 35.7 Å². The third-order valence-corrected chi connectivity index (χ3v) is 5.50. The molecule has 150 valence electrons. The second-order valence-electron chi connectivity index (χ2n) is 7.50. The Morgan fingerprint density at radius 3 is 3.04 bits per heavy atom. The topological polar surface area (TPSA) is 116 Å². The van der Waals surface area contributed by atoms with Crippen LogP contribution in [0.25, 0.3) is 0 Å². The number of piperidine rings is 2. The van der Waals surface area contributed by atoms with Gasteiger partial charge in [0.05, 0.1) is 6.61 Å². The minimum atomic E-state index is -0.0254. The largest absolute Gasteiger partial charge is 0.383 e. The fourth-order valence-corrected chi connectivity index (χ4v) is 4.06. The van der Waals surface area contributed by atoms with Crippen LogP contribution >= 0.6 is 0 Å². The van der Waals surface area contributed by atoms with Crippen molar-refractivity contribution in [3.63, 3.8) is 0 Å². The number of tetrazole rings is 1. The predicted molar refractivity (Wildman–Crippen MR) is 96.8 cm³/mol. The molecule has 1 atom stereocenters. The van der Waals surface area contributed by atoms with Crippen molar-refractivity contribution in [3.05, 3.63) is 5.82 Å². The normalized spacial score (nSPS) is 23.1. The standard InChI is InChI=1S/C17H29N7O3/c1-27-11-10-23-12-17(7-5-15(23)25)6-3-9-24(13-17)16(26)18-8-2-4-14-19-21-22-20-14/h2-13H2,1H3,(H,18,26)(H,19,20,21,22)/t17-/m1/s1. The molecule has 27 heavy (non-hydrogen) atoms. The summed E-state index contributed by atoms with van der Waals surface area (Å²) in [5.74, 6) is 0.852. The summed E-state index contributed by atoms with van der Waals surface area (Å²) in [6.07, 6.45) is 4.90. The van der Waals surface area contributed by atoms with Crippen LogP contribution in [0.2, 0.25) is 0 Å². The molecule has 0 bridgehead atoms. The van der Waals surface area contributed by atoms with Crippen LogP contribution in [0.5, 0.6) is 0 Å². The second-order valence-corrected chi connectivity index (χ2v) is 7.50. The van der Waals surface area contributed by atoms with Gasteiger partial charge in [-0.3, -0.25) is 4.79 Å². The Labute approximate surface area is 159 Å². The van der Waals surface area contributed by atoms with E-state index in [-0.39, 0.29) is 17.4 Å². The minimum Gasteiger partial charge on any atom is -0.383 e. The van der Waals surface area contributed by atoms with Crippen LogP contribution in [0.3, 0.4) is 0 Å². The minimum absolute atomic E-state index is 0.0157. The highest BCUT2D eigenvalue weighted by molar-refractivity contribution is 5.77. The maximum Gasteiger partial charge on any atom is 0.317 e. The number of carbonyl (C=O) groups excluding carboxylic acids is 2. The van der Waals surface area contributed by atoms with E-state index in [2.05, 4.69) is 25.9 Å². The molecule has 1 aromatic heterocycles. The van der Waals surface area contributed by atoms with Gasteiger partial charge in [-0.05, 0) is 25.7 Å². The molecule has 10 nitrogen and oxygen atoms in total. The van der Waals surface area contributed by atoms with Crippen molar-refractivity contribution in [2.24, 2.45) is 5.41 Å². The van der Waals surface area contributed by atoms with Crippen molar-refractivity contribution in [1.29, 1.82) is 0 Å². The number of aromatic amines is 1. The lowest BCUT2D eigenvalue weighted by Crippen LogP contribution is -2.56. The number of ether oxygens (including phenoxy) is 1. The van der Waals surface area contributed by atoms with E-state index in [1.165, 1.54) is 0 Å². The van der Waals surface area contributed by atoms with Gasteiger partial charge in [0, 0.05) is 58.1 Å². The van der Waals surface area contributed by atoms with Crippen LogP contribution in [0.15, 0.2) is 0 Å². The van der Waals surface area contributed by atoms with Crippen LogP contribution < -0.4 is 5.32 Å². The van der Waals surface area contributed by atoms with Crippen LogP contribution in [-0.4, -0.2) is 88.8 Å². The second kappa shape index (κ2) is 9.12. The van der Waals surface area contributed by atoms with E-state index in [4.69, 9.17) is 4.74 Å². The summed E-state index contributed by atoms with van der Waals surface area (Å²) in [7, 11) is 1.65. The van der Waals surface area contributed by atoms with E-state index in [0.717, 1.165) is 38.8 Å². The smallest absolute Gasteiger partial charge is 0.317 e.